The van der Waals surface area contributed by atoms with E-state index >= 15 is 0 Å². The highest BCUT2D eigenvalue weighted by molar-refractivity contribution is 5.46. The molecule has 0 spiro atoms. The summed E-state index contributed by atoms with van der Waals surface area (Å²) in [7, 11) is 1.61. The number of aliphatic hydroxyl groups excluding tert-OH is 1. The molecule has 1 atom stereocenters. The first-order valence-corrected chi connectivity index (χ1v) is 5.53. The zero-order chi connectivity index (χ0) is 12.2. The van der Waals surface area contributed by atoms with Gasteiger partial charge in [-0.05, 0) is 18.9 Å². The number of hydrogen-bond donors (Lipinski definition) is 2. The van der Waals surface area contributed by atoms with Gasteiger partial charge in [-0.1, -0.05) is 13.8 Å². The number of rotatable bonds is 5. The van der Waals surface area contributed by atoms with Gasteiger partial charge in [-0.25, -0.2) is 0 Å². The Hall–Kier alpha value is -1.13. The Morgan fingerprint density at radius 3 is 2.56 bits per heavy atom. The molecule has 0 aliphatic rings. The summed E-state index contributed by atoms with van der Waals surface area (Å²) in [5.74, 6) is 0. The normalized spacial score (nSPS) is 13.8. The van der Waals surface area contributed by atoms with Crippen LogP contribution in [0, 0.1) is 0 Å². The minimum atomic E-state index is -0.749. The van der Waals surface area contributed by atoms with Crippen LogP contribution >= 0.6 is 0 Å². The molecule has 0 aliphatic carbocycles. The highest BCUT2D eigenvalue weighted by Crippen LogP contribution is 2.36. The van der Waals surface area contributed by atoms with E-state index in [4.69, 9.17) is 10.5 Å². The molecule has 0 bridgehead atoms. The average Bonchev–Trinajstić information content (AvgIpc) is 2.32. The fourth-order valence-electron chi connectivity index (χ4n) is 1.97. The SMILES string of the molecule is CCC(CC)(OC)C(O)c1cnccc1N. The smallest absolute Gasteiger partial charge is 0.111 e. The van der Waals surface area contributed by atoms with E-state index in [2.05, 4.69) is 4.98 Å². The van der Waals surface area contributed by atoms with Gasteiger partial charge in [-0.2, -0.15) is 0 Å². The number of pyridine rings is 1. The first kappa shape index (κ1) is 12.9. The second-order valence-corrected chi connectivity index (χ2v) is 3.88. The van der Waals surface area contributed by atoms with E-state index in [-0.39, 0.29) is 0 Å². The molecule has 4 nitrogen and oxygen atoms in total. The standard InChI is InChI=1S/C12H20N2O2/c1-4-12(5-2,16-3)11(15)9-8-14-7-6-10(9)13/h6-8,11,15H,4-5H2,1-3H3,(H2,13,14). The van der Waals surface area contributed by atoms with E-state index in [0.29, 0.717) is 11.3 Å². The van der Waals surface area contributed by atoms with Gasteiger partial charge in [0.05, 0.1) is 5.60 Å². The minimum absolute atomic E-state index is 0.547. The van der Waals surface area contributed by atoms with Crippen LogP contribution in [-0.2, 0) is 4.74 Å². The third-order valence-electron chi connectivity index (χ3n) is 3.28. The molecule has 0 saturated carbocycles. The molecule has 1 unspecified atom stereocenters. The van der Waals surface area contributed by atoms with Crippen LogP contribution in [0.5, 0.6) is 0 Å². The lowest BCUT2D eigenvalue weighted by molar-refractivity contribution is -0.109. The summed E-state index contributed by atoms with van der Waals surface area (Å²) in [6, 6.07) is 1.68. The number of aromatic nitrogens is 1. The van der Waals surface area contributed by atoms with E-state index in [0.717, 1.165) is 12.8 Å². The predicted octanol–water partition coefficient (Wildman–Crippen LogP) is 1.90. The Labute approximate surface area is 96.5 Å². The molecule has 90 valence electrons. The molecule has 0 fully saturated rings. The van der Waals surface area contributed by atoms with Crippen LogP contribution in [0.4, 0.5) is 5.69 Å². The van der Waals surface area contributed by atoms with Gasteiger partial charge in [0, 0.05) is 30.8 Å². The lowest BCUT2D eigenvalue weighted by Crippen LogP contribution is -2.37. The lowest BCUT2D eigenvalue weighted by Gasteiger charge is -2.35. The maximum atomic E-state index is 10.4. The molecule has 0 aromatic carbocycles. The Morgan fingerprint density at radius 1 is 1.50 bits per heavy atom. The van der Waals surface area contributed by atoms with Crippen molar-refractivity contribution in [1.82, 2.24) is 4.98 Å². The number of nitrogen functional groups attached to an aromatic ring is 1. The van der Waals surface area contributed by atoms with Gasteiger partial charge in [0.15, 0.2) is 0 Å². The monoisotopic (exact) mass is 224 g/mol. The Balaban J connectivity index is 3.08. The molecule has 0 saturated heterocycles. The van der Waals surface area contributed by atoms with Crippen molar-refractivity contribution in [3.05, 3.63) is 24.0 Å². The van der Waals surface area contributed by atoms with Crippen molar-refractivity contribution in [3.8, 4) is 0 Å². The molecule has 1 rings (SSSR count). The van der Waals surface area contributed by atoms with E-state index in [1.54, 1.807) is 25.6 Å². The maximum absolute atomic E-state index is 10.4. The van der Waals surface area contributed by atoms with E-state index in [1.807, 2.05) is 13.8 Å². The molecule has 3 N–H and O–H groups in total. The summed E-state index contributed by atoms with van der Waals surface area (Å²) >= 11 is 0. The summed E-state index contributed by atoms with van der Waals surface area (Å²) in [4.78, 5) is 3.99. The highest BCUT2D eigenvalue weighted by atomic mass is 16.5. The third-order valence-corrected chi connectivity index (χ3v) is 3.28. The molecule has 0 amide bonds. The second kappa shape index (κ2) is 5.27. The first-order valence-electron chi connectivity index (χ1n) is 5.53. The number of hydrogen-bond acceptors (Lipinski definition) is 4. The molecular formula is C12H20N2O2. The van der Waals surface area contributed by atoms with Gasteiger partial charge in [0.25, 0.3) is 0 Å². The van der Waals surface area contributed by atoms with Gasteiger partial charge >= 0.3 is 0 Å². The fraction of sp³-hybridized carbons (Fsp3) is 0.583. The van der Waals surface area contributed by atoms with Crippen LogP contribution in [0.3, 0.4) is 0 Å². The molecule has 1 aromatic rings. The summed E-state index contributed by atoms with van der Waals surface area (Å²) in [6.45, 7) is 3.98. The molecular weight excluding hydrogens is 204 g/mol. The molecule has 16 heavy (non-hydrogen) atoms. The molecule has 0 radical (unpaired) electrons. The number of aliphatic hydroxyl groups is 1. The van der Waals surface area contributed by atoms with E-state index < -0.39 is 11.7 Å². The van der Waals surface area contributed by atoms with Crippen molar-refractivity contribution in [2.75, 3.05) is 12.8 Å². The van der Waals surface area contributed by atoms with Gasteiger partial charge < -0.3 is 15.6 Å². The van der Waals surface area contributed by atoms with Crippen LogP contribution < -0.4 is 5.73 Å². The van der Waals surface area contributed by atoms with Crippen molar-refractivity contribution >= 4 is 5.69 Å². The van der Waals surface area contributed by atoms with Crippen molar-refractivity contribution in [1.29, 1.82) is 0 Å². The zero-order valence-corrected chi connectivity index (χ0v) is 10.1. The van der Waals surface area contributed by atoms with Crippen LogP contribution in [-0.4, -0.2) is 22.8 Å². The third kappa shape index (κ3) is 2.18. The predicted molar refractivity (Wildman–Crippen MR) is 63.9 cm³/mol. The second-order valence-electron chi connectivity index (χ2n) is 3.88. The number of anilines is 1. The summed E-state index contributed by atoms with van der Waals surface area (Å²) in [5.41, 5.74) is 6.42. The van der Waals surface area contributed by atoms with E-state index in [1.165, 1.54) is 0 Å². The van der Waals surface area contributed by atoms with Crippen LogP contribution in [0.15, 0.2) is 18.5 Å². The van der Waals surface area contributed by atoms with Crippen LogP contribution in [0.25, 0.3) is 0 Å². The van der Waals surface area contributed by atoms with Crippen molar-refractivity contribution < 1.29 is 9.84 Å². The topological polar surface area (TPSA) is 68.4 Å². The van der Waals surface area contributed by atoms with Gasteiger partial charge in [-0.15, -0.1) is 0 Å². The summed E-state index contributed by atoms with van der Waals surface area (Å²) < 4.78 is 5.47. The van der Waals surface area contributed by atoms with Gasteiger partial charge in [0.1, 0.15) is 6.10 Å². The minimum Gasteiger partial charge on any atom is -0.398 e. The van der Waals surface area contributed by atoms with E-state index in [9.17, 15) is 5.11 Å². The molecule has 4 heteroatoms. The number of nitrogens with zero attached hydrogens (tertiary/aromatic N) is 1. The number of ether oxygens (including phenoxy) is 1. The van der Waals surface area contributed by atoms with Crippen molar-refractivity contribution in [2.45, 2.75) is 38.4 Å². The Morgan fingerprint density at radius 2 is 2.12 bits per heavy atom. The molecule has 0 aliphatic heterocycles. The summed E-state index contributed by atoms with van der Waals surface area (Å²) in [5, 5.41) is 10.4. The average molecular weight is 224 g/mol. The van der Waals surface area contributed by atoms with Crippen LogP contribution in [0.1, 0.15) is 38.4 Å². The van der Waals surface area contributed by atoms with Crippen LogP contribution in [0.2, 0.25) is 0 Å². The largest absolute Gasteiger partial charge is 0.398 e. The van der Waals surface area contributed by atoms with Crippen molar-refractivity contribution in [3.63, 3.8) is 0 Å². The highest BCUT2D eigenvalue weighted by Gasteiger charge is 2.36. The molecule has 1 heterocycles. The Bertz CT molecular complexity index is 329. The fourth-order valence-corrected chi connectivity index (χ4v) is 1.97. The maximum Gasteiger partial charge on any atom is 0.111 e. The van der Waals surface area contributed by atoms with Crippen molar-refractivity contribution in [2.24, 2.45) is 0 Å². The molecule has 1 aromatic heterocycles. The zero-order valence-electron chi connectivity index (χ0n) is 10.1. The quantitative estimate of drug-likeness (QED) is 0.801. The number of nitrogens with two attached hydrogens (primary N) is 1. The van der Waals surface area contributed by atoms with Gasteiger partial charge in [0.2, 0.25) is 0 Å². The van der Waals surface area contributed by atoms with Gasteiger partial charge in [-0.3, -0.25) is 4.98 Å². The lowest BCUT2D eigenvalue weighted by atomic mass is 9.86. The summed E-state index contributed by atoms with van der Waals surface area (Å²) in [6.07, 6.45) is 3.89. The number of methoxy groups -OCH3 is 1. The Kier molecular flexibility index (Phi) is 4.26. The first-order chi connectivity index (χ1) is 7.61.